The molecule has 108 valence electrons. The van der Waals surface area contributed by atoms with Crippen LogP contribution in [0.3, 0.4) is 0 Å². The van der Waals surface area contributed by atoms with Gasteiger partial charge in [-0.15, -0.1) is 6.58 Å². The molecule has 1 aromatic rings. The second kappa shape index (κ2) is 7.17. The first kappa shape index (κ1) is 16.3. The molecule has 0 aliphatic heterocycles. The van der Waals surface area contributed by atoms with Gasteiger partial charge in [-0.25, -0.2) is 4.79 Å². The van der Waals surface area contributed by atoms with Crippen LogP contribution in [0.4, 0.5) is 0 Å². The van der Waals surface area contributed by atoms with Gasteiger partial charge in [0.25, 0.3) is 5.91 Å². The number of rotatable bonds is 6. The highest BCUT2D eigenvalue weighted by Crippen LogP contribution is 2.33. The zero-order valence-electron chi connectivity index (χ0n) is 10.7. The van der Waals surface area contributed by atoms with Crippen molar-refractivity contribution in [3.63, 3.8) is 0 Å². The smallest absolute Gasteiger partial charge is 0.326 e. The maximum Gasteiger partial charge on any atom is 0.326 e. The number of carbonyl (C=O) groups is 2. The lowest BCUT2D eigenvalue weighted by Gasteiger charge is -2.13. The fourth-order valence-electron chi connectivity index (χ4n) is 1.52. The van der Waals surface area contributed by atoms with Crippen molar-refractivity contribution >= 4 is 35.1 Å². The van der Waals surface area contributed by atoms with Crippen LogP contribution in [0.2, 0.25) is 10.0 Å². The van der Waals surface area contributed by atoms with Crippen molar-refractivity contribution in [3.05, 3.63) is 40.4 Å². The average Bonchev–Trinajstić information content (AvgIpc) is 2.37. The number of ether oxygens (including phenoxy) is 1. The van der Waals surface area contributed by atoms with Gasteiger partial charge in [-0.1, -0.05) is 29.3 Å². The molecule has 1 atom stereocenters. The quantitative estimate of drug-likeness (QED) is 0.791. The number of carbonyl (C=O) groups excluding carboxylic acids is 1. The second-order valence-electron chi connectivity index (χ2n) is 3.86. The molecule has 7 heteroatoms. The summed E-state index contributed by atoms with van der Waals surface area (Å²) < 4.78 is 4.97. The molecule has 5 nitrogen and oxygen atoms in total. The molecule has 1 rings (SSSR count). The average molecular weight is 318 g/mol. The Morgan fingerprint density at radius 2 is 2.00 bits per heavy atom. The standard InChI is InChI=1S/C13H13Cl2NO4/c1-3-4-10(13(18)19)16-12(17)7-5-8(14)11(20-2)9(15)6-7/h3,5-6,10H,1,4H2,2H3,(H,16,17)(H,18,19). The summed E-state index contributed by atoms with van der Waals surface area (Å²) in [6.07, 6.45) is 1.52. The number of amides is 1. The predicted octanol–water partition coefficient (Wildman–Crippen LogP) is 2.76. The summed E-state index contributed by atoms with van der Waals surface area (Å²) in [5, 5.41) is 11.6. The van der Waals surface area contributed by atoms with E-state index in [0.29, 0.717) is 0 Å². The number of hydrogen-bond acceptors (Lipinski definition) is 3. The highest BCUT2D eigenvalue weighted by Gasteiger charge is 2.20. The number of nitrogens with one attached hydrogen (secondary N) is 1. The molecule has 1 aromatic carbocycles. The summed E-state index contributed by atoms with van der Waals surface area (Å²) >= 11 is 11.8. The molecule has 0 aliphatic rings. The van der Waals surface area contributed by atoms with Crippen LogP contribution in [0.5, 0.6) is 5.75 Å². The van der Waals surface area contributed by atoms with Crippen LogP contribution < -0.4 is 10.1 Å². The van der Waals surface area contributed by atoms with Crippen molar-refractivity contribution in [1.29, 1.82) is 0 Å². The van der Waals surface area contributed by atoms with Crippen molar-refractivity contribution in [2.45, 2.75) is 12.5 Å². The van der Waals surface area contributed by atoms with E-state index in [1.807, 2.05) is 0 Å². The number of halogens is 2. The Morgan fingerprint density at radius 1 is 1.45 bits per heavy atom. The topological polar surface area (TPSA) is 75.6 Å². The second-order valence-corrected chi connectivity index (χ2v) is 4.68. The number of aliphatic carboxylic acids is 1. The van der Waals surface area contributed by atoms with E-state index in [-0.39, 0.29) is 27.8 Å². The molecule has 0 saturated heterocycles. The van der Waals surface area contributed by atoms with Gasteiger partial charge >= 0.3 is 5.97 Å². The van der Waals surface area contributed by atoms with Gasteiger partial charge in [0.1, 0.15) is 6.04 Å². The minimum Gasteiger partial charge on any atom is -0.494 e. The van der Waals surface area contributed by atoms with Crippen molar-refractivity contribution in [2.75, 3.05) is 7.11 Å². The zero-order valence-corrected chi connectivity index (χ0v) is 12.2. The van der Waals surface area contributed by atoms with Gasteiger partial charge in [-0.05, 0) is 18.6 Å². The summed E-state index contributed by atoms with van der Waals surface area (Å²) in [4.78, 5) is 22.9. The van der Waals surface area contributed by atoms with Gasteiger partial charge in [0.2, 0.25) is 0 Å². The Bertz CT molecular complexity index is 522. The molecule has 0 fully saturated rings. The van der Waals surface area contributed by atoms with Crippen LogP contribution in [-0.4, -0.2) is 30.1 Å². The molecule has 1 amide bonds. The van der Waals surface area contributed by atoms with E-state index >= 15 is 0 Å². The van der Waals surface area contributed by atoms with E-state index in [0.717, 1.165) is 0 Å². The molecule has 0 aromatic heterocycles. The van der Waals surface area contributed by atoms with Gasteiger partial charge in [-0.3, -0.25) is 4.79 Å². The number of carboxylic acids is 1. The van der Waals surface area contributed by atoms with E-state index in [4.69, 9.17) is 33.0 Å². The third-order valence-electron chi connectivity index (χ3n) is 2.47. The monoisotopic (exact) mass is 317 g/mol. The van der Waals surface area contributed by atoms with Crippen LogP contribution in [0.25, 0.3) is 0 Å². The fraction of sp³-hybridized carbons (Fsp3) is 0.231. The van der Waals surface area contributed by atoms with Gasteiger partial charge in [0.05, 0.1) is 17.2 Å². The molecule has 0 radical (unpaired) electrons. The van der Waals surface area contributed by atoms with E-state index < -0.39 is 17.9 Å². The predicted molar refractivity (Wildman–Crippen MR) is 76.7 cm³/mol. The van der Waals surface area contributed by atoms with Crippen molar-refractivity contribution in [3.8, 4) is 5.75 Å². The Hall–Kier alpha value is -1.72. The van der Waals surface area contributed by atoms with Crippen LogP contribution in [0.1, 0.15) is 16.8 Å². The molecule has 1 unspecified atom stereocenters. The van der Waals surface area contributed by atoms with Crippen LogP contribution in [0, 0.1) is 0 Å². The normalized spacial score (nSPS) is 11.6. The largest absolute Gasteiger partial charge is 0.494 e. The number of methoxy groups -OCH3 is 1. The lowest BCUT2D eigenvalue weighted by Crippen LogP contribution is -2.40. The third kappa shape index (κ3) is 3.88. The van der Waals surface area contributed by atoms with Crippen LogP contribution in [0.15, 0.2) is 24.8 Å². The lowest BCUT2D eigenvalue weighted by molar-refractivity contribution is -0.139. The molecule has 20 heavy (non-hydrogen) atoms. The molecule has 0 heterocycles. The summed E-state index contributed by atoms with van der Waals surface area (Å²) in [6, 6.07) is 1.66. The highest BCUT2D eigenvalue weighted by molar-refractivity contribution is 6.37. The van der Waals surface area contributed by atoms with Crippen LogP contribution >= 0.6 is 23.2 Å². The van der Waals surface area contributed by atoms with Gasteiger partial charge < -0.3 is 15.2 Å². The Morgan fingerprint density at radius 3 is 2.40 bits per heavy atom. The minimum atomic E-state index is -1.15. The van der Waals surface area contributed by atoms with E-state index in [1.165, 1.54) is 25.3 Å². The van der Waals surface area contributed by atoms with E-state index in [9.17, 15) is 9.59 Å². The maximum absolute atomic E-state index is 12.0. The van der Waals surface area contributed by atoms with Crippen molar-refractivity contribution < 1.29 is 19.4 Å². The molecular weight excluding hydrogens is 305 g/mol. The molecule has 0 aliphatic carbocycles. The van der Waals surface area contributed by atoms with Gasteiger partial charge in [0.15, 0.2) is 5.75 Å². The summed E-state index contributed by atoms with van der Waals surface area (Å²) in [7, 11) is 1.40. The van der Waals surface area contributed by atoms with Crippen molar-refractivity contribution in [2.24, 2.45) is 0 Å². The fourth-order valence-corrected chi connectivity index (χ4v) is 2.16. The van der Waals surface area contributed by atoms with Gasteiger partial charge in [-0.2, -0.15) is 0 Å². The molecule has 2 N–H and O–H groups in total. The molecule has 0 saturated carbocycles. The van der Waals surface area contributed by atoms with E-state index in [1.54, 1.807) is 0 Å². The first-order valence-corrected chi connectivity index (χ1v) is 6.33. The first-order chi connectivity index (χ1) is 9.40. The molecule has 0 spiro atoms. The minimum absolute atomic E-state index is 0.110. The van der Waals surface area contributed by atoms with Crippen molar-refractivity contribution in [1.82, 2.24) is 5.32 Å². The lowest BCUT2D eigenvalue weighted by atomic mass is 10.1. The summed E-state index contributed by atoms with van der Waals surface area (Å²) in [5.74, 6) is -1.49. The Balaban J connectivity index is 2.98. The number of hydrogen-bond donors (Lipinski definition) is 2. The Labute approximate surface area is 126 Å². The Kier molecular flexibility index (Phi) is 5.85. The third-order valence-corrected chi connectivity index (χ3v) is 3.03. The molecular formula is C13H13Cl2NO4. The number of benzene rings is 1. The van der Waals surface area contributed by atoms with Crippen LogP contribution in [-0.2, 0) is 4.79 Å². The molecule has 0 bridgehead atoms. The maximum atomic E-state index is 12.0. The zero-order chi connectivity index (χ0) is 15.3. The highest BCUT2D eigenvalue weighted by atomic mass is 35.5. The summed E-state index contributed by atoms with van der Waals surface area (Å²) in [6.45, 7) is 3.44. The summed E-state index contributed by atoms with van der Waals surface area (Å²) in [5.41, 5.74) is 0.149. The first-order valence-electron chi connectivity index (χ1n) is 5.58. The van der Waals surface area contributed by atoms with E-state index in [2.05, 4.69) is 11.9 Å². The van der Waals surface area contributed by atoms with Gasteiger partial charge in [0, 0.05) is 5.56 Å². The SMILES string of the molecule is C=CCC(NC(=O)c1cc(Cl)c(OC)c(Cl)c1)C(=O)O. The number of carboxylic acid groups (broad SMARTS) is 1.